The Morgan fingerprint density at radius 2 is 1.78 bits per heavy atom. The molecule has 0 saturated carbocycles. The summed E-state index contributed by atoms with van der Waals surface area (Å²) in [6.45, 7) is 5.36. The fourth-order valence-corrected chi connectivity index (χ4v) is 3.27. The predicted molar refractivity (Wildman–Crippen MR) is 102 cm³/mol. The molecule has 0 radical (unpaired) electrons. The van der Waals surface area contributed by atoms with Gasteiger partial charge in [-0.15, -0.1) is 0 Å². The molecule has 2 aromatic carbocycles. The van der Waals surface area contributed by atoms with Gasteiger partial charge in [0.2, 0.25) is 5.88 Å². The summed E-state index contributed by atoms with van der Waals surface area (Å²) in [5.41, 5.74) is 2.49. The normalized spacial score (nSPS) is 10.9. The van der Waals surface area contributed by atoms with Gasteiger partial charge in [-0.2, -0.15) is 4.98 Å². The highest BCUT2D eigenvalue weighted by atomic mass is 79.9. The second-order valence-electron chi connectivity index (χ2n) is 6.18. The van der Waals surface area contributed by atoms with Crippen LogP contribution in [-0.4, -0.2) is 9.55 Å². The number of halogens is 3. The summed E-state index contributed by atoms with van der Waals surface area (Å²) in [5.74, 6) is -0.881. The van der Waals surface area contributed by atoms with Crippen molar-refractivity contribution in [2.45, 2.75) is 27.4 Å². The molecule has 0 aliphatic heterocycles. The van der Waals surface area contributed by atoms with E-state index in [0.717, 1.165) is 28.9 Å². The molecular weight excluding hydrogens is 418 g/mol. The Kier molecular flexibility index (Phi) is 5.41. The number of ether oxygens (including phenoxy) is 1. The van der Waals surface area contributed by atoms with E-state index < -0.39 is 11.6 Å². The number of para-hydroxylation sites is 1. The first-order valence-electron chi connectivity index (χ1n) is 8.22. The van der Waals surface area contributed by atoms with E-state index in [1.54, 1.807) is 6.92 Å². The van der Waals surface area contributed by atoms with E-state index in [-0.39, 0.29) is 28.1 Å². The van der Waals surface area contributed by atoms with Gasteiger partial charge in [0, 0.05) is 11.6 Å². The molecule has 0 atom stereocenters. The van der Waals surface area contributed by atoms with E-state index in [1.165, 1.54) is 10.6 Å². The lowest BCUT2D eigenvalue weighted by Gasteiger charge is -2.17. The van der Waals surface area contributed by atoms with Gasteiger partial charge in [0.1, 0.15) is 28.5 Å². The molecule has 0 aliphatic rings. The number of benzene rings is 2. The average Bonchev–Trinajstić information content (AvgIpc) is 2.60. The Morgan fingerprint density at radius 3 is 2.41 bits per heavy atom. The molecule has 3 aromatic rings. The van der Waals surface area contributed by atoms with Crippen LogP contribution in [-0.2, 0) is 6.61 Å². The molecule has 140 valence electrons. The minimum absolute atomic E-state index is 0.0590. The third-order valence-electron chi connectivity index (χ3n) is 4.21. The van der Waals surface area contributed by atoms with Crippen molar-refractivity contribution in [3.05, 3.63) is 85.4 Å². The Morgan fingerprint density at radius 1 is 1.11 bits per heavy atom. The van der Waals surface area contributed by atoms with Gasteiger partial charge in [-0.25, -0.2) is 8.78 Å². The summed E-state index contributed by atoms with van der Waals surface area (Å²) in [6.07, 6.45) is 0. The van der Waals surface area contributed by atoms with Gasteiger partial charge in [0.05, 0.1) is 5.69 Å². The molecule has 3 rings (SSSR count). The van der Waals surface area contributed by atoms with Gasteiger partial charge in [-0.1, -0.05) is 18.2 Å². The fraction of sp³-hybridized carbons (Fsp3) is 0.200. The van der Waals surface area contributed by atoms with Crippen LogP contribution >= 0.6 is 15.9 Å². The first-order chi connectivity index (χ1) is 12.8. The molecule has 4 nitrogen and oxygen atoms in total. The maximum atomic E-state index is 13.8. The molecule has 1 aromatic heterocycles. The van der Waals surface area contributed by atoms with Crippen molar-refractivity contribution in [3.63, 3.8) is 0 Å². The fourth-order valence-electron chi connectivity index (χ4n) is 2.88. The van der Waals surface area contributed by atoms with E-state index in [9.17, 15) is 13.6 Å². The van der Waals surface area contributed by atoms with Crippen LogP contribution in [0.5, 0.6) is 5.88 Å². The van der Waals surface area contributed by atoms with Crippen molar-refractivity contribution < 1.29 is 13.5 Å². The maximum absolute atomic E-state index is 13.8. The highest BCUT2D eigenvalue weighted by Gasteiger charge is 2.18. The zero-order chi connectivity index (χ0) is 19.7. The monoisotopic (exact) mass is 434 g/mol. The zero-order valence-electron chi connectivity index (χ0n) is 15.0. The summed E-state index contributed by atoms with van der Waals surface area (Å²) in [7, 11) is 0. The molecule has 27 heavy (non-hydrogen) atoms. The molecule has 7 heteroatoms. The maximum Gasteiger partial charge on any atom is 0.276 e. The summed E-state index contributed by atoms with van der Waals surface area (Å²) in [6, 6.07) is 8.99. The summed E-state index contributed by atoms with van der Waals surface area (Å²) in [4.78, 5) is 17.3. The number of aromatic nitrogens is 2. The topological polar surface area (TPSA) is 44.1 Å². The third-order valence-corrected chi connectivity index (χ3v) is 4.89. The molecule has 0 aliphatic carbocycles. The van der Waals surface area contributed by atoms with Crippen LogP contribution in [0.15, 0.2) is 45.7 Å². The highest BCUT2D eigenvalue weighted by molar-refractivity contribution is 9.10. The third kappa shape index (κ3) is 3.78. The Bertz CT molecular complexity index is 1060. The molecule has 0 spiro atoms. The summed E-state index contributed by atoms with van der Waals surface area (Å²) < 4.78 is 33.9. The van der Waals surface area contributed by atoms with Crippen molar-refractivity contribution in [1.29, 1.82) is 0 Å². The van der Waals surface area contributed by atoms with Crippen molar-refractivity contribution in [2.75, 3.05) is 0 Å². The molecular formula is C20H17BrF2N2O2. The number of hydrogen-bond donors (Lipinski definition) is 0. The van der Waals surface area contributed by atoms with Gasteiger partial charge in [0.15, 0.2) is 0 Å². The first kappa shape index (κ1) is 19.2. The second kappa shape index (κ2) is 7.60. The quantitative estimate of drug-likeness (QED) is 0.593. The van der Waals surface area contributed by atoms with Gasteiger partial charge in [-0.3, -0.25) is 9.36 Å². The van der Waals surface area contributed by atoms with Gasteiger partial charge in [0.25, 0.3) is 5.56 Å². The molecule has 0 N–H and O–H groups in total. The van der Waals surface area contributed by atoms with Crippen LogP contribution in [0.4, 0.5) is 8.78 Å². The van der Waals surface area contributed by atoms with Gasteiger partial charge < -0.3 is 4.74 Å². The summed E-state index contributed by atoms with van der Waals surface area (Å²) >= 11 is 3.24. The minimum atomic E-state index is -0.716. The average molecular weight is 435 g/mol. The Balaban J connectivity index is 1.99. The summed E-state index contributed by atoms with van der Waals surface area (Å²) in [5, 5.41) is 0. The Hall–Kier alpha value is -2.54. The van der Waals surface area contributed by atoms with Crippen molar-refractivity contribution in [1.82, 2.24) is 9.55 Å². The van der Waals surface area contributed by atoms with Crippen LogP contribution in [0.3, 0.4) is 0 Å². The standard InChI is InChI=1S/C20H17BrF2N2O2/c1-11-5-4-6-12(2)18(11)25-13(3)24-19(17(21)20(25)26)27-10-14-7-8-15(22)9-16(14)23/h4-9H,10H2,1-3H3. The molecule has 0 amide bonds. The van der Waals surface area contributed by atoms with Crippen LogP contribution in [0.25, 0.3) is 5.69 Å². The van der Waals surface area contributed by atoms with Crippen LogP contribution < -0.4 is 10.3 Å². The first-order valence-corrected chi connectivity index (χ1v) is 9.01. The SMILES string of the molecule is Cc1cccc(C)c1-n1c(C)nc(OCc2ccc(F)cc2F)c(Br)c1=O. The Labute approximate surface area is 163 Å². The van der Waals surface area contributed by atoms with Crippen molar-refractivity contribution in [2.24, 2.45) is 0 Å². The lowest BCUT2D eigenvalue weighted by molar-refractivity contribution is 0.283. The van der Waals surface area contributed by atoms with Crippen LogP contribution in [0, 0.1) is 32.4 Å². The molecule has 1 heterocycles. The van der Waals surface area contributed by atoms with Crippen molar-refractivity contribution >= 4 is 15.9 Å². The van der Waals surface area contributed by atoms with E-state index in [0.29, 0.717) is 5.82 Å². The number of aryl methyl sites for hydroxylation is 3. The van der Waals surface area contributed by atoms with E-state index >= 15 is 0 Å². The molecule has 0 bridgehead atoms. The van der Waals surface area contributed by atoms with E-state index in [1.807, 2.05) is 32.0 Å². The van der Waals surface area contributed by atoms with Crippen molar-refractivity contribution in [3.8, 4) is 11.6 Å². The van der Waals surface area contributed by atoms with E-state index in [4.69, 9.17) is 4.74 Å². The minimum Gasteiger partial charge on any atom is -0.472 e. The largest absolute Gasteiger partial charge is 0.472 e. The second-order valence-corrected chi connectivity index (χ2v) is 6.98. The zero-order valence-corrected chi connectivity index (χ0v) is 16.6. The number of nitrogens with zero attached hydrogens (tertiary/aromatic N) is 2. The smallest absolute Gasteiger partial charge is 0.276 e. The van der Waals surface area contributed by atoms with Crippen LogP contribution in [0.1, 0.15) is 22.5 Å². The van der Waals surface area contributed by atoms with Gasteiger partial charge >= 0.3 is 0 Å². The molecule has 0 unspecified atom stereocenters. The van der Waals surface area contributed by atoms with E-state index in [2.05, 4.69) is 20.9 Å². The highest BCUT2D eigenvalue weighted by Crippen LogP contribution is 2.24. The number of rotatable bonds is 4. The van der Waals surface area contributed by atoms with Gasteiger partial charge in [-0.05, 0) is 60.0 Å². The molecule has 0 fully saturated rings. The molecule has 0 saturated heterocycles. The predicted octanol–water partition coefficient (Wildman–Crippen LogP) is 4.78. The lowest BCUT2D eigenvalue weighted by Crippen LogP contribution is -2.25. The van der Waals surface area contributed by atoms with Crippen LogP contribution in [0.2, 0.25) is 0 Å². The lowest BCUT2D eigenvalue weighted by atomic mass is 10.1. The number of hydrogen-bond acceptors (Lipinski definition) is 3.